The summed E-state index contributed by atoms with van der Waals surface area (Å²) < 4.78 is 45.7. The highest BCUT2D eigenvalue weighted by atomic mass is 19.4. The third-order valence-corrected chi connectivity index (χ3v) is 6.19. The second-order valence-electron chi connectivity index (χ2n) is 7.95. The summed E-state index contributed by atoms with van der Waals surface area (Å²) in [6, 6.07) is 8.86. The topological polar surface area (TPSA) is 43.2 Å². The Morgan fingerprint density at radius 1 is 1.10 bits per heavy atom. The molecule has 1 saturated heterocycles. The van der Waals surface area contributed by atoms with Crippen molar-refractivity contribution in [2.75, 3.05) is 19.7 Å². The molecule has 2 fully saturated rings. The maximum atomic E-state index is 12.6. The van der Waals surface area contributed by atoms with Crippen LogP contribution in [0.15, 0.2) is 42.6 Å². The molecule has 3 heterocycles. The molecule has 1 unspecified atom stereocenters. The third kappa shape index (κ3) is 3.46. The molecule has 1 aromatic carbocycles. The maximum Gasteiger partial charge on any atom is 0.416 e. The molecular weight excluding hydrogens is 381 g/mol. The molecule has 3 atom stereocenters. The maximum absolute atomic E-state index is 12.6. The Bertz CT molecular complexity index is 1020. The number of aryl methyl sites for hydroxylation is 1. The van der Waals surface area contributed by atoms with Crippen LogP contribution in [0, 0.1) is 17.8 Å². The van der Waals surface area contributed by atoms with Crippen LogP contribution >= 0.6 is 0 Å². The lowest BCUT2D eigenvalue weighted by molar-refractivity contribution is -0.137. The fraction of sp³-hybridized carbons (Fsp3) is 0.429. The number of imidazole rings is 1. The number of hydrogen-bond donors (Lipinski definition) is 0. The monoisotopic (exact) mass is 402 g/mol. The molecule has 0 N–H and O–H groups in total. The first-order chi connectivity index (χ1) is 13.9. The van der Waals surface area contributed by atoms with Crippen LogP contribution < -0.4 is 4.74 Å². The van der Waals surface area contributed by atoms with Gasteiger partial charge in [-0.25, -0.2) is 9.97 Å². The summed E-state index contributed by atoms with van der Waals surface area (Å²) in [5.41, 5.74) is 1.16. The van der Waals surface area contributed by atoms with E-state index < -0.39 is 11.7 Å². The van der Waals surface area contributed by atoms with E-state index in [0.29, 0.717) is 30.1 Å². The lowest BCUT2D eigenvalue weighted by atomic mass is 10.2. The van der Waals surface area contributed by atoms with Gasteiger partial charge < -0.3 is 9.30 Å². The molecule has 5 nitrogen and oxygen atoms in total. The number of nitrogens with zero attached hydrogens (tertiary/aromatic N) is 4. The fourth-order valence-corrected chi connectivity index (χ4v) is 4.46. The first-order valence-corrected chi connectivity index (χ1v) is 9.69. The van der Waals surface area contributed by atoms with E-state index in [4.69, 9.17) is 4.74 Å². The molecule has 0 spiro atoms. The Kier molecular flexibility index (Phi) is 4.27. The second-order valence-corrected chi connectivity index (χ2v) is 7.95. The van der Waals surface area contributed by atoms with Crippen LogP contribution in [-0.4, -0.2) is 39.1 Å². The van der Waals surface area contributed by atoms with Gasteiger partial charge >= 0.3 is 6.18 Å². The van der Waals surface area contributed by atoms with Crippen molar-refractivity contribution in [2.45, 2.75) is 12.7 Å². The molecule has 2 aliphatic rings. The minimum atomic E-state index is -4.31. The Balaban J connectivity index is 1.13. The predicted octanol–water partition coefficient (Wildman–Crippen LogP) is 3.74. The zero-order valence-electron chi connectivity index (χ0n) is 15.9. The molecule has 152 valence electrons. The van der Waals surface area contributed by atoms with E-state index >= 15 is 0 Å². The van der Waals surface area contributed by atoms with E-state index in [2.05, 4.69) is 19.4 Å². The summed E-state index contributed by atoms with van der Waals surface area (Å²) in [6.45, 7) is 3.36. The van der Waals surface area contributed by atoms with Crippen molar-refractivity contribution in [1.82, 2.24) is 19.4 Å². The summed E-state index contributed by atoms with van der Waals surface area (Å²) in [4.78, 5) is 11.4. The molecule has 0 amide bonds. The number of benzene rings is 1. The Morgan fingerprint density at radius 2 is 1.83 bits per heavy atom. The number of alkyl halides is 3. The number of likely N-dealkylation sites (tertiary alicyclic amines) is 1. The normalized spacial score (nSPS) is 24.1. The van der Waals surface area contributed by atoms with E-state index in [1.807, 2.05) is 19.2 Å². The lowest BCUT2D eigenvalue weighted by Crippen LogP contribution is -2.26. The van der Waals surface area contributed by atoms with E-state index in [1.54, 1.807) is 6.20 Å². The number of pyridine rings is 1. The minimum absolute atomic E-state index is 0.482. The molecule has 2 aromatic heterocycles. The van der Waals surface area contributed by atoms with Crippen molar-refractivity contribution in [2.24, 2.45) is 24.8 Å². The van der Waals surface area contributed by atoms with Crippen molar-refractivity contribution in [3.8, 4) is 5.75 Å². The number of piperidine rings is 1. The summed E-state index contributed by atoms with van der Waals surface area (Å²) >= 11 is 0. The molecular formula is C21H21F3N4O. The van der Waals surface area contributed by atoms with Crippen molar-refractivity contribution in [3.63, 3.8) is 0 Å². The number of fused-ring (bicyclic) bond motifs is 2. The number of rotatable bonds is 5. The van der Waals surface area contributed by atoms with Crippen LogP contribution in [0.2, 0.25) is 0 Å². The van der Waals surface area contributed by atoms with Crippen LogP contribution in [0.5, 0.6) is 5.75 Å². The highest BCUT2D eigenvalue weighted by Gasteiger charge is 2.55. The Labute approximate surface area is 166 Å². The highest BCUT2D eigenvalue weighted by Crippen LogP contribution is 2.52. The molecule has 29 heavy (non-hydrogen) atoms. The Hall–Kier alpha value is -2.61. The van der Waals surface area contributed by atoms with Gasteiger partial charge in [0, 0.05) is 32.3 Å². The van der Waals surface area contributed by atoms with Gasteiger partial charge in [0.15, 0.2) is 5.65 Å². The molecule has 3 aromatic rings. The average molecular weight is 402 g/mol. The van der Waals surface area contributed by atoms with Crippen LogP contribution in [0.3, 0.4) is 0 Å². The van der Waals surface area contributed by atoms with Gasteiger partial charge in [0.2, 0.25) is 0 Å². The first-order valence-electron chi connectivity index (χ1n) is 9.69. The molecule has 5 rings (SSSR count). The van der Waals surface area contributed by atoms with Gasteiger partial charge in [-0.3, -0.25) is 4.90 Å². The summed E-state index contributed by atoms with van der Waals surface area (Å²) in [5, 5.41) is 0. The van der Waals surface area contributed by atoms with Crippen LogP contribution in [-0.2, 0) is 19.8 Å². The SMILES string of the molecule is Cn1c(CN2C[C@@H]3C(COc4ccc(C(F)(F)F)cc4)[C@@H]3C2)nc2ncccc21. The smallest absolute Gasteiger partial charge is 0.416 e. The van der Waals surface area contributed by atoms with Crippen molar-refractivity contribution >= 4 is 11.2 Å². The number of halogens is 3. The molecule has 8 heteroatoms. The van der Waals surface area contributed by atoms with Crippen molar-refractivity contribution < 1.29 is 17.9 Å². The average Bonchev–Trinajstić information content (AvgIpc) is 3.01. The van der Waals surface area contributed by atoms with E-state index in [0.717, 1.165) is 48.8 Å². The quantitative estimate of drug-likeness (QED) is 0.652. The van der Waals surface area contributed by atoms with Crippen molar-refractivity contribution in [3.05, 3.63) is 54.0 Å². The molecule has 1 aliphatic carbocycles. The van der Waals surface area contributed by atoms with E-state index in [9.17, 15) is 13.2 Å². The first kappa shape index (κ1) is 18.4. The number of ether oxygens (including phenoxy) is 1. The third-order valence-electron chi connectivity index (χ3n) is 6.19. The van der Waals surface area contributed by atoms with Gasteiger partial charge in [0.1, 0.15) is 11.6 Å². The van der Waals surface area contributed by atoms with Crippen LogP contribution in [0.1, 0.15) is 11.4 Å². The molecule has 1 aliphatic heterocycles. The molecule has 0 bridgehead atoms. The zero-order chi connectivity index (χ0) is 20.2. The standard InChI is InChI=1S/C21H21F3N4O/c1-27-18-3-2-8-25-20(18)26-19(27)11-28-9-15-16(10-28)17(15)12-29-14-6-4-13(5-7-14)21(22,23)24/h2-8,15-17H,9-12H2,1H3/t15-,16+,17?. The summed E-state index contributed by atoms with van der Waals surface area (Å²) in [5.74, 6) is 3.18. The summed E-state index contributed by atoms with van der Waals surface area (Å²) in [7, 11) is 2.02. The fourth-order valence-electron chi connectivity index (χ4n) is 4.46. The van der Waals surface area contributed by atoms with Crippen LogP contribution in [0.25, 0.3) is 11.2 Å². The minimum Gasteiger partial charge on any atom is -0.493 e. The van der Waals surface area contributed by atoms with Gasteiger partial charge in [0.25, 0.3) is 0 Å². The van der Waals surface area contributed by atoms with Gasteiger partial charge in [-0.05, 0) is 48.2 Å². The zero-order valence-corrected chi connectivity index (χ0v) is 15.9. The molecule has 0 radical (unpaired) electrons. The highest BCUT2D eigenvalue weighted by molar-refractivity contribution is 5.71. The van der Waals surface area contributed by atoms with Gasteiger partial charge in [-0.2, -0.15) is 13.2 Å². The second kappa shape index (κ2) is 6.73. The van der Waals surface area contributed by atoms with Crippen molar-refractivity contribution in [1.29, 1.82) is 0 Å². The van der Waals surface area contributed by atoms with E-state index in [1.165, 1.54) is 12.1 Å². The number of hydrogen-bond acceptors (Lipinski definition) is 4. The predicted molar refractivity (Wildman–Crippen MR) is 101 cm³/mol. The largest absolute Gasteiger partial charge is 0.493 e. The van der Waals surface area contributed by atoms with Gasteiger partial charge in [0.05, 0.1) is 24.2 Å². The van der Waals surface area contributed by atoms with Crippen LogP contribution in [0.4, 0.5) is 13.2 Å². The van der Waals surface area contributed by atoms with E-state index in [-0.39, 0.29) is 0 Å². The Morgan fingerprint density at radius 3 is 2.48 bits per heavy atom. The van der Waals surface area contributed by atoms with Gasteiger partial charge in [-0.15, -0.1) is 0 Å². The lowest BCUT2D eigenvalue weighted by Gasteiger charge is -2.19. The molecule has 1 saturated carbocycles. The summed E-state index contributed by atoms with van der Waals surface area (Å²) in [6.07, 6.45) is -2.56. The number of aromatic nitrogens is 3. The van der Waals surface area contributed by atoms with Gasteiger partial charge in [-0.1, -0.05) is 0 Å².